The molecule has 0 aliphatic heterocycles. The molecule has 0 heterocycles. The maximum Gasteiger partial charge on any atom is 0.422 e. The summed E-state index contributed by atoms with van der Waals surface area (Å²) in [6.45, 7) is 28.5. The van der Waals surface area contributed by atoms with Crippen LogP contribution >= 0.6 is 79.6 Å². The van der Waals surface area contributed by atoms with Crippen molar-refractivity contribution >= 4 is 158 Å². The molecule has 6 unspecified atom stereocenters. The van der Waals surface area contributed by atoms with Crippen LogP contribution in [0, 0.1) is 105 Å². The zero-order valence-corrected chi connectivity index (χ0v) is 77.8. The Hall–Kier alpha value is -4.01. The number of carbonyl (C=O) groups excluding carboxylic acids is 1. The second-order valence-electron chi connectivity index (χ2n) is 25.0. The van der Waals surface area contributed by atoms with Crippen LogP contribution in [0.3, 0.4) is 0 Å². The molecule has 3 N–H and O–H groups in total. The van der Waals surface area contributed by atoms with Gasteiger partial charge in [0.1, 0.15) is 86.7 Å². The van der Waals surface area contributed by atoms with Gasteiger partial charge in [0.2, 0.25) is 0 Å². The van der Waals surface area contributed by atoms with E-state index in [0.717, 1.165) is 84.1 Å². The smallest absolute Gasteiger partial charge is 0.422 e. The average Bonchev–Trinajstić information content (AvgIpc) is 0.770. The number of hydrogen-bond donors (Lipinski definition) is 3. The van der Waals surface area contributed by atoms with Crippen LogP contribution < -0.4 is 0 Å². The first-order chi connectivity index (χ1) is 52.6. The minimum atomic E-state index is -5.10. The van der Waals surface area contributed by atoms with E-state index in [1.54, 1.807) is 45.7 Å². The summed E-state index contributed by atoms with van der Waals surface area (Å²) in [5.41, 5.74) is -3.38. The average molecular weight is 2070 g/mol. The fourth-order valence-corrected chi connectivity index (χ4v) is 17.6. The number of carbonyl (C=O) groups is 2. The second-order valence-corrected chi connectivity index (χ2v) is 37.9. The standard InChI is InChI=1S/C24H18BrF7.C12H6BrF3.C9H9BrF2.C7H3F5O.C6H12O2.2C5H11Br.C5H10O2.C5H12O.S7/c1-3-12(2)6-13-4-5-16(17(26)7-13)14-8-18(27)22(19(28)9-14)15-10-20(29)23(21(30)11-15)24(25,31)32;13-8-1-2-11(12(16)5-8)7-3-9(14)6-10(15)4-7;1-5(2)6-3-7(11)9(10)8(12)4-6;8-4-1-3(13)2-5(9)6(4)7(10,11)12;1-4-5(2)6(7)8-3;2*1-3-5(2)4-6;1-3-4(2)5(6)7;1-3-5(2)4-6;1-3-5-7-6-4-2/h4-5,7-12H,3,6H2,1-2H3;1-6H;3-5H,1-2H3;1-2,13H;5H,4H2,1-3H3;2*5H,3-4H2,1-2H3;4H,3H2,1-2H3,(H,6,7);5-6H,3-4H2,1-2H3;. The van der Waals surface area contributed by atoms with Crippen molar-refractivity contribution in [1.29, 1.82) is 0 Å². The summed E-state index contributed by atoms with van der Waals surface area (Å²) in [6.07, 6.45) is 1.68. The quantitative estimate of drug-likeness (QED) is 0.0338. The molecular weight excluding hydrogens is 1980 g/mol. The molecule has 636 valence electrons. The fourth-order valence-electron chi connectivity index (χ4n) is 7.55. The number of rotatable bonds is 18. The summed E-state index contributed by atoms with van der Waals surface area (Å²) in [6, 6.07) is 17.2. The summed E-state index contributed by atoms with van der Waals surface area (Å²) >= 11 is 23.7. The highest BCUT2D eigenvalue weighted by molar-refractivity contribution is 9.11. The molecule has 6 nitrogen and oxygen atoms in total. The molecule has 7 rings (SSSR count). The molecule has 7 aromatic carbocycles. The molecule has 0 spiro atoms. The van der Waals surface area contributed by atoms with Crippen molar-refractivity contribution in [3.63, 3.8) is 0 Å². The number of phenolic OH excluding ortho intramolecular Hbond substituents is 1. The van der Waals surface area contributed by atoms with E-state index < -0.39 is 115 Å². The second kappa shape index (κ2) is 60.5. The number of aliphatic carboxylic acids is 1. The Balaban J connectivity index is -0.00000128. The van der Waals surface area contributed by atoms with Gasteiger partial charge in [-0.1, -0.05) is 189 Å². The van der Waals surface area contributed by atoms with Crippen molar-refractivity contribution in [2.24, 2.45) is 35.5 Å². The molecule has 0 saturated heterocycles. The highest BCUT2D eigenvalue weighted by Crippen LogP contribution is 2.41. The zero-order valence-electron chi connectivity index (χ0n) is 64.2. The van der Waals surface area contributed by atoms with Crippen LogP contribution in [0.1, 0.15) is 164 Å². The largest absolute Gasteiger partial charge is 0.508 e. The third kappa shape index (κ3) is 46.2. The number of ether oxygens (including phenoxy) is 1. The SMILES string of the molecule is CC(C)c1cc(F)c(Br)c(F)c1.CCC(C)C(=O)O.CCC(C)C(=O)OC.CCC(C)CBr.CCC(C)CBr.CCC(C)CO.CCC(C)Cc1ccc(-c2cc(F)c(-c3cc(F)c(C(F)(F)Br)c(F)c3)c(F)c2)c(F)c1.Fc1cc(F)cc(-c2ccc(Br)cc2F)c1.Oc1cc(F)c(C(F)(F)F)c(F)c1.S=S=S=S=S=S=S. The minimum Gasteiger partial charge on any atom is -0.508 e. The molecule has 0 aliphatic carbocycles. The number of carboxylic acids is 1. The van der Waals surface area contributed by atoms with Crippen LogP contribution in [0.25, 0.3) is 33.4 Å². The van der Waals surface area contributed by atoms with Gasteiger partial charge in [-0.05, 0) is 175 Å². The van der Waals surface area contributed by atoms with Crippen LogP contribution in [0.15, 0.2) is 112 Å². The first-order valence-corrected chi connectivity index (χ1v) is 47.0. The van der Waals surface area contributed by atoms with E-state index in [1.807, 2.05) is 71.3 Å². The van der Waals surface area contributed by atoms with Crippen molar-refractivity contribution in [3.8, 4) is 39.1 Å². The Kier molecular flexibility index (Phi) is 60.5. The van der Waals surface area contributed by atoms with Gasteiger partial charge < -0.3 is 20.1 Å². The van der Waals surface area contributed by atoms with Crippen LogP contribution in [0.4, 0.5) is 74.6 Å². The number of alkyl halides is 8. The van der Waals surface area contributed by atoms with E-state index in [1.165, 1.54) is 74.1 Å². The predicted molar refractivity (Wildman–Crippen MR) is 457 cm³/mol. The van der Waals surface area contributed by atoms with Gasteiger partial charge in [0.05, 0.1) is 29.0 Å². The summed E-state index contributed by atoms with van der Waals surface area (Å²) < 4.78 is 230. The predicted octanol–water partition coefficient (Wildman–Crippen LogP) is 28.0. The van der Waals surface area contributed by atoms with E-state index in [-0.39, 0.29) is 62.6 Å². The number of halogens is 22. The fraction of sp³-hybridized carbons (Fsp3) is 0.436. The van der Waals surface area contributed by atoms with Gasteiger partial charge in [-0.25, -0.2) is 52.7 Å². The third-order valence-corrected chi connectivity index (χ3v) is 28.4. The minimum absolute atomic E-state index is 0.0473. The molecular formula is C78H92Br5F17O6S7. The lowest BCUT2D eigenvalue weighted by molar-refractivity contribution is -0.145. The number of carboxylic acid groups (broad SMARTS) is 1. The number of phenols is 1. The summed E-state index contributed by atoms with van der Waals surface area (Å²) in [4.78, 5) is 16.5. The monoisotopic (exact) mass is 2070 g/mol. The summed E-state index contributed by atoms with van der Waals surface area (Å²) in [5, 5.41) is 27.3. The van der Waals surface area contributed by atoms with Crippen LogP contribution in [-0.4, -0.2) is 51.6 Å². The van der Waals surface area contributed by atoms with Gasteiger partial charge in [-0.2, -0.15) is 22.0 Å². The topological polar surface area (TPSA) is 104 Å². The highest BCUT2D eigenvalue weighted by Gasteiger charge is 2.38. The van der Waals surface area contributed by atoms with Gasteiger partial charge in [-0.15, -0.1) is 0 Å². The Labute approximate surface area is 718 Å². The van der Waals surface area contributed by atoms with Gasteiger partial charge in [0.25, 0.3) is 0 Å². The molecule has 0 radical (unpaired) electrons. The van der Waals surface area contributed by atoms with Gasteiger partial charge in [0, 0.05) is 118 Å². The zero-order chi connectivity index (χ0) is 88.0. The first-order valence-electron chi connectivity index (χ1n) is 34.3. The Bertz CT molecular complexity index is 4100. The van der Waals surface area contributed by atoms with Crippen molar-refractivity contribution < 1.29 is 104 Å². The molecule has 35 heteroatoms. The van der Waals surface area contributed by atoms with Crippen molar-refractivity contribution in [1.82, 2.24) is 0 Å². The van der Waals surface area contributed by atoms with E-state index in [2.05, 4.69) is 125 Å². The van der Waals surface area contributed by atoms with Gasteiger partial charge in [-0.3, -0.25) is 9.59 Å². The maximum absolute atomic E-state index is 14.7. The van der Waals surface area contributed by atoms with Crippen LogP contribution in [0.2, 0.25) is 0 Å². The van der Waals surface area contributed by atoms with E-state index in [9.17, 15) is 84.2 Å². The number of benzene rings is 7. The molecule has 0 amide bonds. The first kappa shape index (κ1) is 113. The lowest BCUT2D eigenvalue weighted by atomic mass is 9.94. The molecule has 0 saturated carbocycles. The van der Waals surface area contributed by atoms with E-state index in [0.29, 0.717) is 47.0 Å². The van der Waals surface area contributed by atoms with Crippen LogP contribution in [0.5, 0.6) is 5.75 Å². The number of methoxy groups -OCH3 is 1. The Morgan fingerprint density at radius 1 is 0.478 bits per heavy atom. The lowest BCUT2D eigenvalue weighted by Gasteiger charge is -2.14. The van der Waals surface area contributed by atoms with E-state index in [4.69, 9.17) is 15.3 Å². The summed E-state index contributed by atoms with van der Waals surface area (Å²) in [5.74, 6) is -12.3. The maximum atomic E-state index is 14.7. The number of hydrogen-bond acceptors (Lipinski definition) is 7. The number of esters is 1. The van der Waals surface area contributed by atoms with Crippen molar-refractivity contribution in [2.45, 2.75) is 159 Å². The van der Waals surface area contributed by atoms with E-state index >= 15 is 0 Å². The van der Waals surface area contributed by atoms with Gasteiger partial charge in [0.15, 0.2) is 0 Å². The highest BCUT2D eigenvalue weighted by atomic mass is 79.9. The number of aromatic hydroxyl groups is 1. The lowest BCUT2D eigenvalue weighted by Crippen LogP contribution is -2.10. The Morgan fingerprint density at radius 2 is 0.876 bits per heavy atom. The molecule has 0 bridgehead atoms. The van der Waals surface area contributed by atoms with Crippen molar-refractivity contribution in [3.05, 3.63) is 204 Å². The summed E-state index contributed by atoms with van der Waals surface area (Å²) in [7, 11) is 8.78. The molecule has 7 aromatic rings. The molecule has 113 heavy (non-hydrogen) atoms. The number of aliphatic hydroxyl groups excluding tert-OH is 1. The Morgan fingerprint density at radius 3 is 1.18 bits per heavy atom. The normalized spacial score (nSPS) is 12.1. The molecule has 0 fully saturated rings. The molecule has 0 aliphatic rings. The number of aliphatic hydroxyl groups is 1. The molecule has 0 aromatic heterocycles. The third-order valence-electron chi connectivity index (χ3n) is 15.7. The van der Waals surface area contributed by atoms with Crippen LogP contribution in [-0.2, 0) is 98.5 Å². The van der Waals surface area contributed by atoms with Gasteiger partial charge >= 0.3 is 22.9 Å². The van der Waals surface area contributed by atoms with Crippen molar-refractivity contribution in [2.75, 3.05) is 24.4 Å². The molecule has 6 atom stereocenters.